The predicted octanol–water partition coefficient (Wildman–Crippen LogP) is 5.36. The van der Waals surface area contributed by atoms with Crippen molar-refractivity contribution >= 4 is 27.3 Å². The van der Waals surface area contributed by atoms with Crippen LogP contribution in [0, 0.1) is 0 Å². The van der Waals surface area contributed by atoms with Crippen LogP contribution in [-0.4, -0.2) is 10.2 Å². The monoisotopic (exact) mass is 391 g/mol. The Morgan fingerprint density at radius 2 is 2.00 bits per heavy atom. The van der Waals surface area contributed by atoms with Crippen LogP contribution in [0.15, 0.2) is 50.7 Å². The molecule has 0 aliphatic carbocycles. The molecular weight excluding hydrogens is 374 g/mol. The second-order valence-electron chi connectivity index (χ2n) is 5.32. The Morgan fingerprint density at radius 1 is 1.22 bits per heavy atom. The van der Waals surface area contributed by atoms with Gasteiger partial charge in [-0.3, -0.25) is 5.32 Å². The highest BCUT2D eigenvalue weighted by atomic mass is 79.9. The van der Waals surface area contributed by atoms with Crippen LogP contribution in [0.1, 0.15) is 43.8 Å². The van der Waals surface area contributed by atoms with Gasteiger partial charge in [-0.05, 0) is 42.5 Å². The molecule has 0 fully saturated rings. The van der Waals surface area contributed by atoms with E-state index in [-0.39, 0.29) is 12.1 Å². The summed E-state index contributed by atoms with van der Waals surface area (Å²) in [4.78, 5) is 0.996. The van der Waals surface area contributed by atoms with Crippen molar-refractivity contribution in [1.29, 1.82) is 0 Å². The van der Waals surface area contributed by atoms with Crippen LogP contribution in [0.2, 0.25) is 0 Å². The summed E-state index contributed by atoms with van der Waals surface area (Å²) in [5, 5.41) is 13.9. The van der Waals surface area contributed by atoms with Gasteiger partial charge in [-0.2, -0.15) is 0 Å². The van der Waals surface area contributed by atoms with E-state index in [9.17, 15) is 0 Å². The SMILES string of the molecule is CC[C@@H](N[C@@H](C)c1nnc(-c2cccs2)o1)c1ccc(Br)cc1. The lowest BCUT2D eigenvalue weighted by Gasteiger charge is -2.20. The van der Waals surface area contributed by atoms with Gasteiger partial charge < -0.3 is 4.42 Å². The molecule has 0 aliphatic rings. The maximum absolute atomic E-state index is 5.81. The number of aromatic nitrogens is 2. The Hall–Kier alpha value is -1.50. The molecule has 2 aromatic heterocycles. The zero-order valence-electron chi connectivity index (χ0n) is 13.0. The summed E-state index contributed by atoms with van der Waals surface area (Å²) in [7, 11) is 0. The first kappa shape index (κ1) is 16.4. The molecule has 2 atom stereocenters. The Morgan fingerprint density at radius 3 is 2.65 bits per heavy atom. The van der Waals surface area contributed by atoms with Crippen LogP contribution < -0.4 is 5.32 Å². The first-order valence-corrected chi connectivity index (χ1v) is 9.23. The molecule has 0 saturated heterocycles. The lowest BCUT2D eigenvalue weighted by molar-refractivity contribution is 0.379. The van der Waals surface area contributed by atoms with Crippen molar-refractivity contribution in [2.24, 2.45) is 0 Å². The number of benzene rings is 1. The largest absolute Gasteiger partial charge is 0.418 e. The van der Waals surface area contributed by atoms with Gasteiger partial charge in [0.05, 0.1) is 10.9 Å². The van der Waals surface area contributed by atoms with E-state index in [1.54, 1.807) is 11.3 Å². The highest BCUT2D eigenvalue weighted by Crippen LogP contribution is 2.27. The minimum Gasteiger partial charge on any atom is -0.418 e. The quantitative estimate of drug-likeness (QED) is 0.613. The third kappa shape index (κ3) is 3.88. The molecule has 2 heterocycles. The Bertz CT molecular complexity index is 740. The van der Waals surface area contributed by atoms with E-state index in [0.717, 1.165) is 15.8 Å². The summed E-state index contributed by atoms with van der Waals surface area (Å²) in [6, 6.07) is 12.6. The van der Waals surface area contributed by atoms with Gasteiger partial charge in [-0.1, -0.05) is 41.1 Å². The zero-order chi connectivity index (χ0) is 16.2. The van der Waals surface area contributed by atoms with Crippen molar-refractivity contribution in [3.8, 4) is 10.8 Å². The fourth-order valence-electron chi connectivity index (χ4n) is 2.43. The molecule has 0 radical (unpaired) electrons. The van der Waals surface area contributed by atoms with Crippen molar-refractivity contribution in [2.75, 3.05) is 0 Å². The van der Waals surface area contributed by atoms with Crippen LogP contribution in [-0.2, 0) is 0 Å². The third-order valence-corrected chi connectivity index (χ3v) is 5.06. The van der Waals surface area contributed by atoms with Crippen molar-refractivity contribution in [3.63, 3.8) is 0 Å². The van der Waals surface area contributed by atoms with Gasteiger partial charge in [0.15, 0.2) is 0 Å². The van der Waals surface area contributed by atoms with Crippen molar-refractivity contribution in [3.05, 3.63) is 57.7 Å². The van der Waals surface area contributed by atoms with Gasteiger partial charge in [0.2, 0.25) is 5.89 Å². The molecule has 120 valence electrons. The molecule has 0 saturated carbocycles. The predicted molar refractivity (Wildman–Crippen MR) is 96.3 cm³/mol. The molecule has 0 amide bonds. The average Bonchev–Trinajstić information content (AvgIpc) is 3.24. The molecule has 4 nitrogen and oxygen atoms in total. The number of rotatable bonds is 6. The molecule has 23 heavy (non-hydrogen) atoms. The molecule has 0 aliphatic heterocycles. The standard InChI is InChI=1S/C17H18BrN3OS/c1-3-14(12-6-8-13(18)9-7-12)19-11(2)16-20-21-17(22-16)15-5-4-10-23-15/h4-11,14,19H,3H2,1-2H3/t11-,14+/m0/s1. The molecule has 1 aromatic carbocycles. The van der Waals surface area contributed by atoms with Crippen molar-refractivity contribution in [2.45, 2.75) is 32.4 Å². The number of hydrogen-bond acceptors (Lipinski definition) is 5. The summed E-state index contributed by atoms with van der Waals surface area (Å²) in [6.45, 7) is 4.21. The molecular formula is C17H18BrN3OS. The molecule has 0 bridgehead atoms. The second-order valence-corrected chi connectivity index (χ2v) is 7.19. The third-order valence-electron chi connectivity index (χ3n) is 3.67. The van der Waals surface area contributed by atoms with Crippen LogP contribution >= 0.6 is 27.3 Å². The maximum Gasteiger partial charge on any atom is 0.257 e. The Balaban J connectivity index is 1.72. The first-order chi connectivity index (χ1) is 11.2. The molecule has 1 N–H and O–H groups in total. The van der Waals surface area contributed by atoms with Gasteiger partial charge >= 0.3 is 0 Å². The number of halogens is 1. The van der Waals surface area contributed by atoms with E-state index < -0.39 is 0 Å². The smallest absolute Gasteiger partial charge is 0.257 e. The minimum absolute atomic E-state index is 0.00944. The van der Waals surface area contributed by atoms with E-state index >= 15 is 0 Å². The summed E-state index contributed by atoms with van der Waals surface area (Å²) in [5.41, 5.74) is 1.25. The van der Waals surface area contributed by atoms with Crippen molar-refractivity contribution in [1.82, 2.24) is 15.5 Å². The lowest BCUT2D eigenvalue weighted by Crippen LogP contribution is -2.24. The normalized spacial score (nSPS) is 13.9. The Kier molecular flexibility index (Phi) is 5.25. The molecule has 0 spiro atoms. The van der Waals surface area contributed by atoms with Gasteiger partial charge in [0.25, 0.3) is 5.89 Å². The number of nitrogens with one attached hydrogen (secondary N) is 1. The fourth-order valence-corrected chi connectivity index (χ4v) is 3.34. The maximum atomic E-state index is 5.81. The van der Waals surface area contributed by atoms with Gasteiger partial charge in [0.1, 0.15) is 0 Å². The zero-order valence-corrected chi connectivity index (χ0v) is 15.4. The van der Waals surface area contributed by atoms with Gasteiger partial charge in [-0.25, -0.2) is 0 Å². The van der Waals surface area contributed by atoms with Gasteiger partial charge in [-0.15, -0.1) is 21.5 Å². The van der Waals surface area contributed by atoms with E-state index in [1.807, 2.05) is 24.4 Å². The summed E-state index contributed by atoms with van der Waals surface area (Å²) < 4.78 is 6.89. The molecule has 3 aromatic rings. The van der Waals surface area contributed by atoms with E-state index in [1.165, 1.54) is 5.56 Å². The molecule has 3 rings (SSSR count). The topological polar surface area (TPSA) is 51.0 Å². The van der Waals surface area contributed by atoms with Crippen LogP contribution in [0.5, 0.6) is 0 Å². The molecule has 0 unspecified atom stereocenters. The summed E-state index contributed by atoms with van der Waals surface area (Å²) in [5.74, 6) is 1.20. The van der Waals surface area contributed by atoms with Crippen molar-refractivity contribution < 1.29 is 4.42 Å². The summed E-state index contributed by atoms with van der Waals surface area (Å²) >= 11 is 5.07. The Labute approximate surface area is 148 Å². The second kappa shape index (κ2) is 7.38. The minimum atomic E-state index is -0.00944. The van der Waals surface area contributed by atoms with Crippen LogP contribution in [0.4, 0.5) is 0 Å². The number of thiophene rings is 1. The highest BCUT2D eigenvalue weighted by molar-refractivity contribution is 9.10. The van der Waals surface area contributed by atoms with Gasteiger partial charge in [0, 0.05) is 10.5 Å². The highest BCUT2D eigenvalue weighted by Gasteiger charge is 2.19. The molecule has 6 heteroatoms. The summed E-state index contributed by atoms with van der Waals surface area (Å²) in [6.07, 6.45) is 0.984. The lowest BCUT2D eigenvalue weighted by atomic mass is 10.0. The average molecular weight is 392 g/mol. The van der Waals surface area contributed by atoms with Crippen LogP contribution in [0.25, 0.3) is 10.8 Å². The van der Waals surface area contributed by atoms with E-state index in [0.29, 0.717) is 11.8 Å². The first-order valence-electron chi connectivity index (χ1n) is 7.56. The number of hydrogen-bond donors (Lipinski definition) is 1. The number of nitrogens with zero attached hydrogens (tertiary/aromatic N) is 2. The van der Waals surface area contributed by atoms with Crippen LogP contribution in [0.3, 0.4) is 0 Å². The van der Waals surface area contributed by atoms with E-state index in [4.69, 9.17) is 4.42 Å². The fraction of sp³-hybridized carbons (Fsp3) is 0.294. The van der Waals surface area contributed by atoms with E-state index in [2.05, 4.69) is 62.6 Å².